The lowest BCUT2D eigenvalue weighted by atomic mass is 10.0. The lowest BCUT2D eigenvalue weighted by molar-refractivity contribution is -0.135. The van der Waals surface area contributed by atoms with E-state index in [1.807, 2.05) is 25.2 Å². The predicted octanol–water partition coefficient (Wildman–Crippen LogP) is 0.561. The van der Waals surface area contributed by atoms with Crippen LogP contribution in [0.2, 0.25) is 0 Å². The molecule has 9 heteroatoms. The van der Waals surface area contributed by atoms with Crippen molar-refractivity contribution in [2.75, 3.05) is 39.8 Å². The molecule has 2 fully saturated rings. The Morgan fingerprint density at radius 1 is 1.22 bits per heavy atom. The van der Waals surface area contributed by atoms with Crippen molar-refractivity contribution in [2.45, 2.75) is 44.2 Å². The summed E-state index contributed by atoms with van der Waals surface area (Å²) in [7, 11) is 3.70. The molecule has 2 N–H and O–H groups in total. The molecule has 32 heavy (non-hydrogen) atoms. The van der Waals surface area contributed by atoms with E-state index in [1.165, 1.54) is 10.1 Å². The quantitative estimate of drug-likeness (QED) is 0.579. The van der Waals surface area contributed by atoms with Gasteiger partial charge in [0, 0.05) is 26.6 Å². The highest BCUT2D eigenvalue weighted by atomic mass is 16.5. The van der Waals surface area contributed by atoms with Gasteiger partial charge in [-0.3, -0.25) is 28.9 Å². The number of carbonyl (C=O) groups excluding carboxylic acids is 2. The maximum absolute atomic E-state index is 12.9. The molecule has 9 nitrogen and oxygen atoms in total. The summed E-state index contributed by atoms with van der Waals surface area (Å²) in [6, 6.07) is 5.37. The summed E-state index contributed by atoms with van der Waals surface area (Å²) in [5.41, 5.74) is 2.49. The zero-order valence-corrected chi connectivity index (χ0v) is 18.9. The van der Waals surface area contributed by atoms with Crippen molar-refractivity contribution in [3.05, 3.63) is 34.2 Å². The van der Waals surface area contributed by atoms with Gasteiger partial charge in [-0.05, 0) is 63.5 Å². The number of imide groups is 1. The number of hydrogen-bond donors (Lipinski definition) is 2. The first kappa shape index (κ1) is 22.7. The SMILES string of the molecule is CNCC[C@H]1CN(CCCc2ccc3c(c2)n(C)c(=O)n3C2CCC(=O)NC2=O)CCO1. The smallest absolute Gasteiger partial charge is 0.329 e. The van der Waals surface area contributed by atoms with Crippen LogP contribution in [0.4, 0.5) is 0 Å². The highest BCUT2D eigenvalue weighted by Gasteiger charge is 2.31. The van der Waals surface area contributed by atoms with E-state index in [-0.39, 0.29) is 18.0 Å². The molecule has 2 aliphatic rings. The Morgan fingerprint density at radius 3 is 2.84 bits per heavy atom. The Labute approximate surface area is 187 Å². The van der Waals surface area contributed by atoms with Gasteiger partial charge in [0.15, 0.2) is 0 Å². The molecule has 2 atom stereocenters. The number of amides is 2. The summed E-state index contributed by atoms with van der Waals surface area (Å²) in [5.74, 6) is -0.686. The number of ether oxygens (including phenoxy) is 1. The second-order valence-electron chi connectivity index (χ2n) is 8.79. The van der Waals surface area contributed by atoms with Crippen molar-refractivity contribution < 1.29 is 14.3 Å². The van der Waals surface area contributed by atoms with Crippen molar-refractivity contribution in [1.29, 1.82) is 0 Å². The first-order valence-corrected chi connectivity index (χ1v) is 11.5. The average molecular weight is 444 g/mol. The van der Waals surface area contributed by atoms with Crippen LogP contribution in [0.3, 0.4) is 0 Å². The average Bonchev–Trinajstić information content (AvgIpc) is 3.03. The molecule has 1 unspecified atom stereocenters. The molecule has 0 aliphatic carbocycles. The number of hydrogen-bond acceptors (Lipinski definition) is 6. The molecule has 0 spiro atoms. The van der Waals surface area contributed by atoms with Gasteiger partial charge in [0.1, 0.15) is 6.04 Å². The monoisotopic (exact) mass is 443 g/mol. The summed E-state index contributed by atoms with van der Waals surface area (Å²) in [6.07, 6.45) is 3.88. The minimum Gasteiger partial charge on any atom is -0.376 e. The second kappa shape index (κ2) is 9.97. The van der Waals surface area contributed by atoms with E-state index in [9.17, 15) is 14.4 Å². The first-order chi connectivity index (χ1) is 15.5. The maximum atomic E-state index is 12.9. The molecule has 0 saturated carbocycles. The number of aryl methyl sites for hydroxylation is 2. The minimum absolute atomic E-state index is 0.229. The fourth-order valence-corrected chi connectivity index (χ4v) is 4.76. The molecule has 1 aromatic heterocycles. The summed E-state index contributed by atoms with van der Waals surface area (Å²) in [5, 5.41) is 5.53. The van der Waals surface area contributed by atoms with Crippen LogP contribution in [-0.2, 0) is 27.8 Å². The normalized spacial score (nSPS) is 22.4. The van der Waals surface area contributed by atoms with Crippen LogP contribution in [-0.4, -0.2) is 71.8 Å². The van der Waals surface area contributed by atoms with Crippen LogP contribution in [0.5, 0.6) is 0 Å². The highest BCUT2D eigenvalue weighted by Crippen LogP contribution is 2.24. The third kappa shape index (κ3) is 4.79. The van der Waals surface area contributed by atoms with E-state index in [1.54, 1.807) is 11.6 Å². The highest BCUT2D eigenvalue weighted by molar-refractivity contribution is 6.00. The fraction of sp³-hybridized carbons (Fsp3) is 0.609. The van der Waals surface area contributed by atoms with Gasteiger partial charge in [0.25, 0.3) is 0 Å². The number of rotatable bonds is 8. The molecule has 2 aliphatic heterocycles. The Morgan fingerprint density at radius 2 is 2.06 bits per heavy atom. The lowest BCUT2D eigenvalue weighted by Crippen LogP contribution is -2.44. The first-order valence-electron chi connectivity index (χ1n) is 11.5. The summed E-state index contributed by atoms with van der Waals surface area (Å²) in [4.78, 5) is 39.2. The predicted molar refractivity (Wildman–Crippen MR) is 122 cm³/mol. The largest absolute Gasteiger partial charge is 0.376 e. The molecule has 0 radical (unpaired) electrons. The molecule has 1 aromatic carbocycles. The zero-order valence-electron chi connectivity index (χ0n) is 18.9. The fourth-order valence-electron chi connectivity index (χ4n) is 4.76. The summed E-state index contributed by atoms with van der Waals surface area (Å²) < 4.78 is 8.97. The van der Waals surface area contributed by atoms with Crippen molar-refractivity contribution >= 4 is 22.8 Å². The van der Waals surface area contributed by atoms with E-state index in [2.05, 4.69) is 15.5 Å². The van der Waals surface area contributed by atoms with Crippen LogP contribution >= 0.6 is 0 Å². The number of morpholine rings is 1. The van der Waals surface area contributed by atoms with Crippen LogP contribution in [0.25, 0.3) is 11.0 Å². The number of nitrogens with zero attached hydrogens (tertiary/aromatic N) is 3. The molecule has 4 rings (SSSR count). The molecule has 0 bridgehead atoms. The van der Waals surface area contributed by atoms with Gasteiger partial charge in [-0.1, -0.05) is 6.07 Å². The van der Waals surface area contributed by atoms with Gasteiger partial charge in [-0.25, -0.2) is 4.79 Å². The number of carbonyl (C=O) groups is 2. The molecule has 2 amide bonds. The molecule has 3 heterocycles. The van der Waals surface area contributed by atoms with Crippen molar-refractivity contribution in [2.24, 2.45) is 7.05 Å². The maximum Gasteiger partial charge on any atom is 0.329 e. The van der Waals surface area contributed by atoms with Crippen molar-refractivity contribution in [3.63, 3.8) is 0 Å². The van der Waals surface area contributed by atoms with Gasteiger partial charge >= 0.3 is 5.69 Å². The van der Waals surface area contributed by atoms with Crippen LogP contribution < -0.4 is 16.3 Å². The van der Waals surface area contributed by atoms with Crippen LogP contribution in [0, 0.1) is 0 Å². The standard InChI is InChI=1S/C23H33N5O4/c1-24-10-9-17-15-27(12-13-32-17)11-3-4-16-5-6-18-20(14-16)26(2)23(31)28(18)19-7-8-21(29)25-22(19)30/h5-6,14,17,19,24H,3-4,7-13,15H2,1-2H3,(H,25,29,30)/t17-,19?/m0/s1. The number of fused-ring (bicyclic) bond motifs is 1. The summed E-state index contributed by atoms with van der Waals surface area (Å²) in [6.45, 7) is 4.72. The number of aromatic nitrogens is 2. The van der Waals surface area contributed by atoms with Crippen molar-refractivity contribution in [1.82, 2.24) is 24.7 Å². The van der Waals surface area contributed by atoms with E-state index >= 15 is 0 Å². The van der Waals surface area contributed by atoms with Gasteiger partial charge in [0.05, 0.1) is 23.7 Å². The van der Waals surface area contributed by atoms with E-state index < -0.39 is 11.9 Å². The van der Waals surface area contributed by atoms with Gasteiger partial charge in [-0.2, -0.15) is 0 Å². The molecular formula is C23H33N5O4. The van der Waals surface area contributed by atoms with E-state index in [0.717, 1.165) is 63.1 Å². The van der Waals surface area contributed by atoms with E-state index in [0.29, 0.717) is 12.5 Å². The topological polar surface area (TPSA) is 97.6 Å². The minimum atomic E-state index is -0.646. The third-order valence-electron chi connectivity index (χ3n) is 6.55. The lowest BCUT2D eigenvalue weighted by Gasteiger charge is -2.33. The second-order valence-corrected chi connectivity index (χ2v) is 8.79. The van der Waals surface area contributed by atoms with Gasteiger partial charge in [0.2, 0.25) is 11.8 Å². The molecular weight excluding hydrogens is 410 g/mol. The van der Waals surface area contributed by atoms with Crippen LogP contribution in [0.1, 0.15) is 37.3 Å². The number of nitrogens with one attached hydrogen (secondary N) is 2. The zero-order chi connectivity index (χ0) is 22.7. The number of benzene rings is 1. The molecule has 2 aromatic rings. The van der Waals surface area contributed by atoms with Gasteiger partial charge < -0.3 is 10.1 Å². The van der Waals surface area contributed by atoms with Gasteiger partial charge in [-0.15, -0.1) is 0 Å². The van der Waals surface area contributed by atoms with Crippen molar-refractivity contribution in [3.8, 4) is 0 Å². The Bertz CT molecular complexity index is 1040. The number of piperidine rings is 1. The molecule has 2 saturated heterocycles. The Hall–Kier alpha value is -2.49. The van der Waals surface area contributed by atoms with E-state index in [4.69, 9.17) is 4.74 Å². The van der Waals surface area contributed by atoms with Crippen LogP contribution in [0.15, 0.2) is 23.0 Å². The third-order valence-corrected chi connectivity index (χ3v) is 6.55. The Balaban J connectivity index is 1.42. The number of imidazole rings is 1. The Kier molecular flexibility index (Phi) is 7.07. The summed E-state index contributed by atoms with van der Waals surface area (Å²) >= 11 is 0. The molecule has 174 valence electrons.